The van der Waals surface area contributed by atoms with E-state index >= 15 is 0 Å². The van der Waals surface area contributed by atoms with Gasteiger partial charge in [0.2, 0.25) is 0 Å². The van der Waals surface area contributed by atoms with Crippen LogP contribution >= 0.6 is 0 Å². The van der Waals surface area contributed by atoms with E-state index in [0.29, 0.717) is 5.56 Å². The summed E-state index contributed by atoms with van der Waals surface area (Å²) < 4.78 is 0. The molecule has 1 heterocycles. The van der Waals surface area contributed by atoms with E-state index in [1.54, 1.807) is 6.07 Å². The Labute approximate surface area is 194 Å². The number of carbonyl (C=O) groups excluding carboxylic acids is 1. The quantitative estimate of drug-likeness (QED) is 0.410. The highest BCUT2D eigenvalue weighted by Crippen LogP contribution is 2.55. The van der Waals surface area contributed by atoms with Crippen molar-refractivity contribution in [3.63, 3.8) is 0 Å². The zero-order valence-corrected chi connectivity index (χ0v) is 19.4. The second kappa shape index (κ2) is 7.66. The minimum absolute atomic E-state index is 0.0735. The average Bonchev–Trinajstić information content (AvgIpc) is 3.05. The maximum atomic E-state index is 14.0. The van der Waals surface area contributed by atoms with Gasteiger partial charge in [-0.25, -0.2) is 0 Å². The number of hydrogen-bond acceptors (Lipinski definition) is 3. The van der Waals surface area contributed by atoms with Crippen molar-refractivity contribution in [1.29, 1.82) is 0 Å². The van der Waals surface area contributed by atoms with E-state index < -0.39 is 5.41 Å². The molecule has 0 saturated carbocycles. The van der Waals surface area contributed by atoms with Gasteiger partial charge in [-0.3, -0.25) is 9.69 Å². The van der Waals surface area contributed by atoms with E-state index in [0.717, 1.165) is 33.3 Å². The maximum Gasteiger partial charge on any atom is 0.258 e. The first-order valence-corrected chi connectivity index (χ1v) is 11.2. The van der Waals surface area contributed by atoms with Crippen LogP contribution < -0.4 is 9.80 Å². The van der Waals surface area contributed by atoms with E-state index in [9.17, 15) is 9.90 Å². The number of nitrogens with zero attached hydrogens (tertiary/aromatic N) is 2. The molecule has 4 nitrogen and oxygen atoms in total. The van der Waals surface area contributed by atoms with Crippen molar-refractivity contribution < 1.29 is 9.90 Å². The number of hydrogen-bond donors (Lipinski definition) is 1. The van der Waals surface area contributed by atoms with Crippen molar-refractivity contribution in [3.8, 4) is 5.75 Å². The monoisotopic (exact) mass is 436 g/mol. The van der Waals surface area contributed by atoms with Crippen molar-refractivity contribution in [3.05, 3.63) is 102 Å². The fourth-order valence-corrected chi connectivity index (χ4v) is 5.17. The molecular formula is C29H28N2O2. The van der Waals surface area contributed by atoms with Crippen LogP contribution in [0.4, 0.5) is 11.4 Å². The lowest BCUT2D eigenvalue weighted by molar-refractivity contribution is 0.0971. The predicted octanol–water partition coefficient (Wildman–Crippen LogP) is 6.29. The second-order valence-electron chi connectivity index (χ2n) is 9.48. The van der Waals surface area contributed by atoms with Gasteiger partial charge < -0.3 is 10.0 Å². The molecule has 0 bridgehead atoms. The van der Waals surface area contributed by atoms with Crippen molar-refractivity contribution >= 4 is 28.1 Å². The molecule has 0 aliphatic carbocycles. The van der Waals surface area contributed by atoms with Crippen molar-refractivity contribution in [2.24, 2.45) is 0 Å². The van der Waals surface area contributed by atoms with Gasteiger partial charge in [0.05, 0.1) is 6.04 Å². The van der Waals surface area contributed by atoms with Gasteiger partial charge in [-0.2, -0.15) is 0 Å². The Bertz CT molecular complexity index is 1360. The molecule has 0 radical (unpaired) electrons. The third-order valence-corrected chi connectivity index (χ3v) is 6.87. The Morgan fingerprint density at radius 2 is 1.55 bits per heavy atom. The summed E-state index contributed by atoms with van der Waals surface area (Å²) >= 11 is 0. The minimum atomic E-state index is -0.405. The third-order valence-electron chi connectivity index (χ3n) is 6.87. The molecule has 4 aromatic rings. The number of amides is 1. The summed E-state index contributed by atoms with van der Waals surface area (Å²) in [5.74, 6) is 0.135. The van der Waals surface area contributed by atoms with E-state index in [1.165, 1.54) is 0 Å². The smallest absolute Gasteiger partial charge is 0.258 e. The third kappa shape index (κ3) is 3.25. The standard InChI is InChI=1S/C29H28N2O2/c1-29(2)23-11-7-8-12-24(23)31(28(33)20-13-16-21(17-14-20)30(3)4)27(29)26-22-10-6-5-9-19(22)15-18-25(26)32/h5-18,27,32H,1-4H3. The van der Waals surface area contributed by atoms with Crippen LogP contribution in [0.3, 0.4) is 0 Å². The number of rotatable bonds is 3. The molecule has 4 heteroatoms. The highest BCUT2D eigenvalue weighted by Gasteiger charge is 2.49. The summed E-state index contributed by atoms with van der Waals surface area (Å²) in [4.78, 5) is 17.9. The topological polar surface area (TPSA) is 43.8 Å². The fraction of sp³-hybridized carbons (Fsp3) is 0.207. The van der Waals surface area contributed by atoms with E-state index in [4.69, 9.17) is 0 Å². The number of carbonyl (C=O) groups is 1. The van der Waals surface area contributed by atoms with Gasteiger partial charge in [-0.1, -0.05) is 62.4 Å². The minimum Gasteiger partial charge on any atom is -0.508 e. The summed E-state index contributed by atoms with van der Waals surface area (Å²) in [5, 5.41) is 13.1. The molecule has 0 fully saturated rings. The van der Waals surface area contributed by atoms with Gasteiger partial charge in [0.1, 0.15) is 5.75 Å². The Kier molecular flexibility index (Phi) is 4.89. The summed E-state index contributed by atoms with van der Waals surface area (Å²) in [6, 6.07) is 27.1. The van der Waals surface area contributed by atoms with Crippen molar-refractivity contribution in [2.75, 3.05) is 23.9 Å². The lowest BCUT2D eigenvalue weighted by Gasteiger charge is -2.35. The lowest BCUT2D eigenvalue weighted by atomic mass is 9.76. The Morgan fingerprint density at radius 1 is 0.879 bits per heavy atom. The molecule has 33 heavy (non-hydrogen) atoms. The van der Waals surface area contributed by atoms with Crippen LogP contribution in [0, 0.1) is 0 Å². The molecule has 1 aliphatic heterocycles. The van der Waals surface area contributed by atoms with Crippen LogP contribution in [0.2, 0.25) is 0 Å². The van der Waals surface area contributed by atoms with Gasteiger partial charge in [-0.05, 0) is 52.7 Å². The molecular weight excluding hydrogens is 408 g/mol. The summed E-state index contributed by atoms with van der Waals surface area (Å²) in [6.45, 7) is 4.31. The lowest BCUT2D eigenvalue weighted by Crippen LogP contribution is -2.38. The van der Waals surface area contributed by atoms with Gasteiger partial charge in [0.15, 0.2) is 0 Å². The van der Waals surface area contributed by atoms with Crippen molar-refractivity contribution in [1.82, 2.24) is 0 Å². The highest BCUT2D eigenvalue weighted by atomic mass is 16.3. The number of benzene rings is 4. The fourth-order valence-electron chi connectivity index (χ4n) is 5.17. The predicted molar refractivity (Wildman–Crippen MR) is 135 cm³/mol. The first-order chi connectivity index (χ1) is 15.8. The molecule has 0 spiro atoms. The van der Waals surface area contributed by atoms with Crippen LogP contribution in [0.15, 0.2) is 84.9 Å². The molecule has 166 valence electrons. The number of phenols is 1. The van der Waals surface area contributed by atoms with Crippen LogP contribution in [-0.2, 0) is 5.41 Å². The van der Waals surface area contributed by atoms with Crippen LogP contribution in [-0.4, -0.2) is 25.1 Å². The molecule has 0 saturated heterocycles. The zero-order valence-electron chi connectivity index (χ0n) is 19.4. The average molecular weight is 437 g/mol. The van der Waals surface area contributed by atoms with Gasteiger partial charge in [0.25, 0.3) is 5.91 Å². The number of anilines is 2. The van der Waals surface area contributed by atoms with Gasteiger partial charge >= 0.3 is 0 Å². The van der Waals surface area contributed by atoms with E-state index in [-0.39, 0.29) is 17.7 Å². The molecule has 1 N–H and O–H groups in total. The largest absolute Gasteiger partial charge is 0.508 e. The van der Waals surface area contributed by atoms with Gasteiger partial charge in [-0.15, -0.1) is 0 Å². The molecule has 0 aromatic heterocycles. The Morgan fingerprint density at radius 3 is 2.27 bits per heavy atom. The first kappa shape index (κ1) is 21.1. The Hall–Kier alpha value is -3.79. The molecule has 1 aliphatic rings. The molecule has 1 atom stereocenters. The number of para-hydroxylation sites is 1. The van der Waals surface area contributed by atoms with Crippen molar-refractivity contribution in [2.45, 2.75) is 25.3 Å². The van der Waals surface area contributed by atoms with Gasteiger partial charge in [0, 0.05) is 42.0 Å². The highest BCUT2D eigenvalue weighted by molar-refractivity contribution is 6.09. The van der Waals surface area contributed by atoms with Crippen LogP contribution in [0.25, 0.3) is 10.8 Å². The Balaban J connectivity index is 1.73. The summed E-state index contributed by atoms with van der Waals surface area (Å²) in [6.07, 6.45) is 0. The normalized spacial score (nSPS) is 16.6. The van der Waals surface area contributed by atoms with E-state index in [2.05, 4.69) is 19.9 Å². The summed E-state index contributed by atoms with van der Waals surface area (Å²) in [7, 11) is 3.96. The van der Waals surface area contributed by atoms with E-state index in [1.807, 2.05) is 96.7 Å². The number of aromatic hydroxyl groups is 1. The first-order valence-electron chi connectivity index (χ1n) is 11.2. The number of fused-ring (bicyclic) bond motifs is 2. The second-order valence-corrected chi connectivity index (χ2v) is 9.48. The molecule has 4 aromatic carbocycles. The SMILES string of the molecule is CN(C)c1ccc(C(=O)N2c3ccccc3C(C)(C)C2c2c(O)ccc3ccccc23)cc1. The van der Waals surface area contributed by atoms with Crippen LogP contribution in [0.1, 0.15) is 41.4 Å². The maximum absolute atomic E-state index is 14.0. The zero-order chi connectivity index (χ0) is 23.3. The number of phenolic OH excluding ortho intramolecular Hbond substituents is 1. The summed E-state index contributed by atoms with van der Waals surface area (Å²) in [5.41, 5.74) is 4.03. The molecule has 5 rings (SSSR count). The molecule has 1 amide bonds. The van der Waals surface area contributed by atoms with Crippen LogP contribution in [0.5, 0.6) is 5.75 Å². The molecule has 1 unspecified atom stereocenters.